The zero-order chi connectivity index (χ0) is 30.6. The van der Waals surface area contributed by atoms with Crippen LogP contribution in [0.1, 0.15) is 49.6 Å². The minimum absolute atomic E-state index is 0.0199. The van der Waals surface area contributed by atoms with E-state index in [0.717, 1.165) is 12.4 Å². The Morgan fingerprint density at radius 2 is 1.79 bits per heavy atom. The van der Waals surface area contributed by atoms with Gasteiger partial charge in [0.05, 0.1) is 23.9 Å². The molecule has 0 radical (unpaired) electrons. The van der Waals surface area contributed by atoms with Gasteiger partial charge >= 0.3 is 6.18 Å². The lowest BCUT2D eigenvalue weighted by Crippen LogP contribution is -2.24. The number of nitrogens with zero attached hydrogens (tertiary/aromatic N) is 6. The number of hydrogen-bond acceptors (Lipinski definition) is 8. The van der Waals surface area contributed by atoms with Crippen LogP contribution in [0.25, 0.3) is 11.0 Å². The van der Waals surface area contributed by atoms with Crippen molar-refractivity contribution >= 4 is 34.7 Å². The fraction of sp³-hybridized carbons (Fsp3) is 0.269. The summed E-state index contributed by atoms with van der Waals surface area (Å²) in [7, 11) is 1.41. The first kappa shape index (κ1) is 29.7. The lowest BCUT2D eigenvalue weighted by molar-refractivity contribution is -0.145. The second-order valence-electron chi connectivity index (χ2n) is 8.87. The van der Waals surface area contributed by atoms with Crippen LogP contribution < -0.4 is 21.1 Å². The molecule has 0 spiro atoms. The van der Waals surface area contributed by atoms with Crippen molar-refractivity contribution in [3.05, 3.63) is 71.1 Å². The molecule has 0 fully saturated rings. The molecule has 3 heterocycles. The topological polar surface area (TPSA) is 172 Å². The van der Waals surface area contributed by atoms with Crippen LogP contribution in [-0.4, -0.2) is 60.7 Å². The molecule has 0 atom stereocenters. The number of halogens is 3. The number of nitrogens with two attached hydrogens (primary N) is 1. The van der Waals surface area contributed by atoms with Crippen LogP contribution in [0.4, 0.5) is 19.1 Å². The minimum atomic E-state index is -4.71. The molecule has 4 aromatic rings. The second-order valence-corrected chi connectivity index (χ2v) is 8.87. The summed E-state index contributed by atoms with van der Waals surface area (Å²) in [4.78, 5) is 48.1. The Kier molecular flexibility index (Phi) is 8.54. The summed E-state index contributed by atoms with van der Waals surface area (Å²) < 4.78 is 46.6. The maximum atomic E-state index is 13.2. The van der Waals surface area contributed by atoms with E-state index in [0.29, 0.717) is 29.0 Å². The maximum absolute atomic E-state index is 13.2. The van der Waals surface area contributed by atoms with E-state index in [4.69, 9.17) is 10.5 Å². The van der Waals surface area contributed by atoms with Crippen LogP contribution in [0.3, 0.4) is 0 Å². The zero-order valence-electron chi connectivity index (χ0n) is 22.7. The van der Waals surface area contributed by atoms with Crippen molar-refractivity contribution < 1.29 is 32.3 Å². The van der Waals surface area contributed by atoms with Gasteiger partial charge in [0.1, 0.15) is 17.0 Å². The maximum Gasteiger partial charge on any atom is 0.451 e. The van der Waals surface area contributed by atoms with E-state index in [1.807, 2.05) is 6.92 Å². The van der Waals surface area contributed by atoms with Gasteiger partial charge in [-0.25, -0.2) is 15.0 Å². The molecule has 4 rings (SSSR count). The van der Waals surface area contributed by atoms with Gasteiger partial charge in [-0.2, -0.15) is 18.3 Å². The van der Waals surface area contributed by atoms with Gasteiger partial charge in [-0.05, 0) is 32.0 Å². The molecule has 0 unspecified atom stereocenters. The molecule has 0 bridgehead atoms. The number of nitrogens with one attached hydrogen (secondary N) is 2. The predicted molar refractivity (Wildman–Crippen MR) is 144 cm³/mol. The van der Waals surface area contributed by atoms with Crippen LogP contribution in [-0.2, 0) is 19.3 Å². The van der Waals surface area contributed by atoms with Crippen molar-refractivity contribution in [2.24, 2.45) is 5.73 Å². The standard InChI is InChI=1S/C26H26F3N9O4/c1-4-38-18(9-14(2)36-38)23(41)35-25-34-17-10-15(21(30)39)11-19(42-3)20(17)37(25)8-6-5-7-31-22(40)16-12-32-24(33-13-16)26(27,28)29/h5-6,9-13H,4,7-8H2,1-3H3,(H2,30,39)(H,31,40)(H,34,35,41)/b6-5+. The molecular weight excluding hydrogens is 559 g/mol. The Morgan fingerprint density at radius 1 is 1.07 bits per heavy atom. The number of ether oxygens (including phenoxy) is 1. The summed E-state index contributed by atoms with van der Waals surface area (Å²) in [6.45, 7) is 4.25. The Morgan fingerprint density at radius 3 is 2.40 bits per heavy atom. The van der Waals surface area contributed by atoms with E-state index in [-0.39, 0.29) is 35.9 Å². The highest BCUT2D eigenvalue weighted by Gasteiger charge is 2.34. The van der Waals surface area contributed by atoms with E-state index in [9.17, 15) is 27.6 Å². The quantitative estimate of drug-likeness (QED) is 0.238. The molecule has 13 nitrogen and oxygen atoms in total. The number of rotatable bonds is 10. The smallest absolute Gasteiger partial charge is 0.451 e. The number of allylic oxidation sites excluding steroid dienone is 1. The number of methoxy groups -OCH3 is 1. The summed E-state index contributed by atoms with van der Waals surface area (Å²) in [6, 6.07) is 4.57. The van der Waals surface area contributed by atoms with Gasteiger partial charge in [0.25, 0.3) is 11.8 Å². The van der Waals surface area contributed by atoms with Gasteiger partial charge in [-0.15, -0.1) is 0 Å². The first-order valence-corrected chi connectivity index (χ1v) is 12.5. The first-order chi connectivity index (χ1) is 19.9. The third-order valence-electron chi connectivity index (χ3n) is 5.97. The summed E-state index contributed by atoms with van der Waals surface area (Å²) in [6.07, 6.45) is 0.135. The number of alkyl halides is 3. The molecule has 1 aromatic carbocycles. The van der Waals surface area contributed by atoms with Gasteiger partial charge in [0.15, 0.2) is 0 Å². The molecule has 0 aliphatic carbocycles. The number of anilines is 1. The van der Waals surface area contributed by atoms with Crippen molar-refractivity contribution in [1.82, 2.24) is 34.6 Å². The molecule has 0 saturated carbocycles. The van der Waals surface area contributed by atoms with E-state index >= 15 is 0 Å². The van der Waals surface area contributed by atoms with E-state index < -0.39 is 29.7 Å². The molecule has 4 N–H and O–H groups in total. The summed E-state index contributed by atoms with van der Waals surface area (Å²) in [5.74, 6) is -2.73. The Bertz CT molecular complexity index is 1670. The SMILES string of the molecule is CCn1nc(C)cc1C(=O)Nc1nc2cc(C(N)=O)cc(OC)c2n1C/C=C/CNC(=O)c1cnc(C(F)(F)F)nc1. The number of aromatic nitrogens is 6. The number of primary amides is 1. The molecule has 0 aliphatic rings. The van der Waals surface area contributed by atoms with Gasteiger partial charge < -0.3 is 20.4 Å². The predicted octanol–water partition coefficient (Wildman–Crippen LogP) is 2.72. The van der Waals surface area contributed by atoms with Crippen molar-refractivity contribution in [1.29, 1.82) is 0 Å². The minimum Gasteiger partial charge on any atom is -0.494 e. The average molecular weight is 586 g/mol. The first-order valence-electron chi connectivity index (χ1n) is 12.5. The molecule has 0 aliphatic heterocycles. The van der Waals surface area contributed by atoms with Gasteiger partial charge in [-0.3, -0.25) is 24.4 Å². The molecule has 16 heteroatoms. The van der Waals surface area contributed by atoms with Crippen LogP contribution >= 0.6 is 0 Å². The monoisotopic (exact) mass is 585 g/mol. The fourth-order valence-electron chi connectivity index (χ4n) is 4.04. The van der Waals surface area contributed by atoms with Crippen molar-refractivity contribution in [2.45, 2.75) is 33.1 Å². The highest BCUT2D eigenvalue weighted by Crippen LogP contribution is 2.31. The Balaban J connectivity index is 1.56. The molecule has 220 valence electrons. The number of benzene rings is 1. The highest BCUT2D eigenvalue weighted by molar-refractivity contribution is 6.04. The largest absolute Gasteiger partial charge is 0.494 e. The Hall–Kier alpha value is -5.28. The van der Waals surface area contributed by atoms with Crippen molar-refractivity contribution in [3.63, 3.8) is 0 Å². The molecule has 42 heavy (non-hydrogen) atoms. The average Bonchev–Trinajstić information content (AvgIpc) is 3.51. The zero-order valence-corrected chi connectivity index (χ0v) is 22.7. The van der Waals surface area contributed by atoms with Gasteiger partial charge in [-0.1, -0.05) is 12.2 Å². The number of fused-ring (bicyclic) bond motifs is 1. The summed E-state index contributed by atoms with van der Waals surface area (Å²) >= 11 is 0. The van der Waals surface area contributed by atoms with E-state index in [1.54, 1.807) is 34.4 Å². The number of hydrogen-bond donors (Lipinski definition) is 3. The van der Waals surface area contributed by atoms with Crippen LogP contribution in [0.15, 0.2) is 42.7 Å². The second kappa shape index (κ2) is 12.1. The lowest BCUT2D eigenvalue weighted by Gasteiger charge is -2.11. The third kappa shape index (κ3) is 6.37. The number of carbonyl (C=O) groups excluding carboxylic acids is 3. The van der Waals surface area contributed by atoms with Gasteiger partial charge in [0, 0.05) is 37.6 Å². The molecule has 3 amide bonds. The highest BCUT2D eigenvalue weighted by atomic mass is 19.4. The summed E-state index contributed by atoms with van der Waals surface area (Å²) in [5, 5.41) is 9.61. The van der Waals surface area contributed by atoms with Crippen LogP contribution in [0.2, 0.25) is 0 Å². The normalized spacial score (nSPS) is 11.7. The van der Waals surface area contributed by atoms with Crippen molar-refractivity contribution in [3.8, 4) is 5.75 Å². The Labute approximate surface area is 236 Å². The van der Waals surface area contributed by atoms with Crippen LogP contribution in [0, 0.1) is 6.92 Å². The van der Waals surface area contributed by atoms with E-state index in [1.165, 1.54) is 19.2 Å². The van der Waals surface area contributed by atoms with Crippen molar-refractivity contribution in [2.75, 3.05) is 19.0 Å². The molecule has 3 aromatic heterocycles. The van der Waals surface area contributed by atoms with Crippen LogP contribution in [0.5, 0.6) is 5.75 Å². The number of aryl methyl sites for hydroxylation is 2. The third-order valence-corrected chi connectivity index (χ3v) is 5.97. The lowest BCUT2D eigenvalue weighted by atomic mass is 10.1. The van der Waals surface area contributed by atoms with Gasteiger partial charge in [0.2, 0.25) is 17.7 Å². The summed E-state index contributed by atoms with van der Waals surface area (Å²) in [5.41, 5.74) is 7.27. The fourth-order valence-corrected chi connectivity index (χ4v) is 4.04. The molecule has 0 saturated heterocycles. The van der Waals surface area contributed by atoms with E-state index in [2.05, 4.69) is 30.7 Å². The molecular formula is C26H26F3N9O4. The number of imidazole rings is 1. The number of amides is 3. The number of carbonyl (C=O) groups is 3.